The van der Waals surface area contributed by atoms with Gasteiger partial charge in [0.05, 0.1) is 0 Å². The van der Waals surface area contributed by atoms with Crippen LogP contribution in [-0.2, 0) is 5.41 Å². The summed E-state index contributed by atoms with van der Waals surface area (Å²) in [7, 11) is -0.126. The van der Waals surface area contributed by atoms with Gasteiger partial charge in [0, 0.05) is 8.80 Å². The highest BCUT2D eigenvalue weighted by atomic mass is 28.3. The summed E-state index contributed by atoms with van der Waals surface area (Å²) in [5.41, 5.74) is 1.19. The van der Waals surface area contributed by atoms with Gasteiger partial charge in [-0.1, -0.05) is 69.6 Å². The minimum absolute atomic E-state index is 0.117. The average Bonchev–Trinajstić information content (AvgIpc) is 2.59. The molecule has 3 heteroatoms. The van der Waals surface area contributed by atoms with Crippen LogP contribution in [0.15, 0.2) is 18.2 Å². The molecule has 1 saturated heterocycles. The summed E-state index contributed by atoms with van der Waals surface area (Å²) in [5.74, 6) is -0.700. The van der Waals surface area contributed by atoms with Gasteiger partial charge in [0.25, 0.3) is 0 Å². The number of hydrogen-bond donors (Lipinski definition) is 0. The van der Waals surface area contributed by atoms with E-state index in [1.54, 1.807) is 0 Å². The molecule has 0 amide bonds. The van der Waals surface area contributed by atoms with Crippen LogP contribution in [0.25, 0.3) is 0 Å². The number of benzene rings is 1. The minimum Gasteiger partial charge on any atom is -0.204 e. The smallest absolute Gasteiger partial charge is 0.159 e. The SMILES string of the molecule is CCC[Si]1CCC(C2(c3ccc(F)c(F)c3)CCCCC2)CC1. The Morgan fingerprint density at radius 3 is 2.35 bits per heavy atom. The van der Waals surface area contributed by atoms with Crippen molar-refractivity contribution in [3.05, 3.63) is 35.4 Å². The molecule has 0 bridgehead atoms. The van der Waals surface area contributed by atoms with E-state index in [9.17, 15) is 8.78 Å². The summed E-state index contributed by atoms with van der Waals surface area (Å²) in [4.78, 5) is 0. The third kappa shape index (κ3) is 3.55. The lowest BCUT2D eigenvalue weighted by molar-refractivity contribution is 0.174. The second-order valence-electron chi connectivity index (χ2n) is 7.62. The third-order valence-corrected chi connectivity index (χ3v) is 9.52. The maximum atomic E-state index is 13.9. The largest absolute Gasteiger partial charge is 0.204 e. The number of rotatable bonds is 4. The van der Waals surface area contributed by atoms with E-state index < -0.39 is 11.6 Å². The van der Waals surface area contributed by atoms with Crippen molar-refractivity contribution in [3.8, 4) is 0 Å². The molecule has 1 radical (unpaired) electrons. The normalized spacial score (nSPS) is 23.1. The van der Waals surface area contributed by atoms with Crippen LogP contribution in [0, 0.1) is 17.6 Å². The molecule has 3 rings (SSSR count). The summed E-state index contributed by atoms with van der Waals surface area (Å²) in [6.07, 6.45) is 10.1. The first-order valence-electron chi connectivity index (χ1n) is 9.45. The van der Waals surface area contributed by atoms with Crippen LogP contribution in [0.5, 0.6) is 0 Å². The fourth-order valence-electron chi connectivity index (χ4n) is 5.10. The molecule has 1 saturated carbocycles. The van der Waals surface area contributed by atoms with Crippen LogP contribution in [-0.4, -0.2) is 8.80 Å². The predicted molar refractivity (Wildman–Crippen MR) is 94.3 cm³/mol. The highest BCUT2D eigenvalue weighted by Crippen LogP contribution is 2.50. The molecule has 0 N–H and O–H groups in total. The first-order valence-corrected chi connectivity index (χ1v) is 11.6. The lowest BCUT2D eigenvalue weighted by atomic mass is 9.60. The summed E-state index contributed by atoms with van der Waals surface area (Å²) < 4.78 is 27.3. The Hall–Kier alpha value is -0.703. The van der Waals surface area contributed by atoms with E-state index in [0.29, 0.717) is 5.92 Å². The Labute approximate surface area is 141 Å². The van der Waals surface area contributed by atoms with E-state index in [0.717, 1.165) is 5.56 Å². The van der Waals surface area contributed by atoms with Gasteiger partial charge in [-0.25, -0.2) is 8.78 Å². The monoisotopic (exact) mass is 335 g/mol. The molecule has 0 nitrogen and oxygen atoms in total. The maximum absolute atomic E-state index is 13.9. The van der Waals surface area contributed by atoms with Crippen molar-refractivity contribution < 1.29 is 8.78 Å². The molecule has 0 unspecified atom stereocenters. The van der Waals surface area contributed by atoms with Crippen LogP contribution in [0.3, 0.4) is 0 Å². The molecule has 2 fully saturated rings. The topological polar surface area (TPSA) is 0 Å². The second-order valence-corrected chi connectivity index (χ2v) is 10.6. The van der Waals surface area contributed by atoms with Gasteiger partial charge in [-0.15, -0.1) is 0 Å². The van der Waals surface area contributed by atoms with Gasteiger partial charge < -0.3 is 0 Å². The van der Waals surface area contributed by atoms with Gasteiger partial charge in [-0.2, -0.15) is 0 Å². The van der Waals surface area contributed by atoms with Gasteiger partial charge in [0.1, 0.15) is 0 Å². The molecule has 0 aromatic heterocycles. The highest BCUT2D eigenvalue weighted by Gasteiger charge is 2.42. The molecule has 1 aliphatic carbocycles. The van der Waals surface area contributed by atoms with E-state index in [2.05, 4.69) is 6.92 Å². The van der Waals surface area contributed by atoms with Gasteiger partial charge in [0.15, 0.2) is 11.6 Å². The molecular weight excluding hydrogens is 306 g/mol. The van der Waals surface area contributed by atoms with E-state index in [1.165, 1.54) is 81.6 Å². The van der Waals surface area contributed by atoms with Gasteiger partial charge in [-0.05, 0) is 41.9 Å². The Morgan fingerprint density at radius 2 is 1.74 bits per heavy atom. The van der Waals surface area contributed by atoms with E-state index >= 15 is 0 Å². The van der Waals surface area contributed by atoms with Crippen molar-refractivity contribution >= 4 is 8.80 Å². The van der Waals surface area contributed by atoms with Gasteiger partial charge >= 0.3 is 0 Å². The Morgan fingerprint density at radius 1 is 1.04 bits per heavy atom. The van der Waals surface area contributed by atoms with Crippen LogP contribution < -0.4 is 0 Å². The molecule has 1 aliphatic heterocycles. The summed E-state index contributed by atoms with van der Waals surface area (Å²) >= 11 is 0. The van der Waals surface area contributed by atoms with E-state index in [-0.39, 0.29) is 14.2 Å². The molecule has 127 valence electrons. The zero-order valence-electron chi connectivity index (χ0n) is 14.3. The zero-order valence-corrected chi connectivity index (χ0v) is 15.3. The summed E-state index contributed by atoms with van der Waals surface area (Å²) in [5, 5.41) is 0. The summed E-state index contributed by atoms with van der Waals surface area (Å²) in [6.45, 7) is 2.30. The fourth-order valence-corrected chi connectivity index (χ4v) is 8.07. The minimum atomic E-state index is -0.711. The molecule has 1 aromatic carbocycles. The van der Waals surface area contributed by atoms with Gasteiger partial charge in [0.2, 0.25) is 0 Å². The van der Waals surface area contributed by atoms with Crippen LogP contribution in [0.1, 0.15) is 63.9 Å². The zero-order chi connectivity index (χ0) is 16.3. The fraction of sp³-hybridized carbons (Fsp3) is 0.700. The molecule has 0 spiro atoms. The standard InChI is InChI=1S/C20H29F2Si/c1-2-12-23-13-8-16(9-14-23)20(10-4-3-5-11-20)17-6-7-18(21)19(22)15-17/h6-7,15-16H,2-5,8-14H2,1H3. The lowest BCUT2D eigenvalue weighted by Crippen LogP contribution is -2.40. The van der Waals surface area contributed by atoms with E-state index in [1.807, 2.05) is 6.07 Å². The predicted octanol–water partition coefficient (Wildman–Crippen LogP) is 6.48. The molecule has 1 heterocycles. The van der Waals surface area contributed by atoms with Crippen molar-refractivity contribution in [2.24, 2.45) is 5.92 Å². The number of halogens is 2. The molecule has 0 atom stereocenters. The first-order chi connectivity index (χ1) is 11.2. The quantitative estimate of drug-likeness (QED) is 0.552. The molecule has 2 aliphatic rings. The number of hydrogen-bond acceptors (Lipinski definition) is 0. The van der Waals surface area contributed by atoms with Crippen LogP contribution in [0.2, 0.25) is 18.1 Å². The van der Waals surface area contributed by atoms with Crippen molar-refractivity contribution in [1.29, 1.82) is 0 Å². The second kappa shape index (κ2) is 7.46. The lowest BCUT2D eigenvalue weighted by Gasteiger charge is -2.47. The van der Waals surface area contributed by atoms with Crippen molar-refractivity contribution in [2.75, 3.05) is 0 Å². The van der Waals surface area contributed by atoms with Crippen LogP contribution in [0.4, 0.5) is 8.78 Å². The van der Waals surface area contributed by atoms with Crippen molar-refractivity contribution in [2.45, 2.75) is 81.8 Å². The molecule has 23 heavy (non-hydrogen) atoms. The molecule has 1 aromatic rings. The van der Waals surface area contributed by atoms with Crippen molar-refractivity contribution in [3.63, 3.8) is 0 Å². The maximum Gasteiger partial charge on any atom is 0.159 e. The summed E-state index contributed by atoms with van der Waals surface area (Å²) in [6, 6.07) is 9.03. The first kappa shape index (κ1) is 17.1. The van der Waals surface area contributed by atoms with Crippen molar-refractivity contribution in [1.82, 2.24) is 0 Å². The van der Waals surface area contributed by atoms with Crippen LogP contribution >= 0.6 is 0 Å². The Balaban J connectivity index is 1.84. The Kier molecular flexibility index (Phi) is 5.56. The highest BCUT2D eigenvalue weighted by molar-refractivity contribution is 6.58. The van der Waals surface area contributed by atoms with Gasteiger partial charge in [-0.3, -0.25) is 0 Å². The third-order valence-electron chi connectivity index (χ3n) is 6.32. The molecular formula is C20H29F2Si. The Bertz CT molecular complexity index is 514. The average molecular weight is 336 g/mol. The van der Waals surface area contributed by atoms with E-state index in [4.69, 9.17) is 0 Å².